The van der Waals surface area contributed by atoms with E-state index in [2.05, 4.69) is 15.0 Å². The fourth-order valence-corrected chi connectivity index (χ4v) is 2.18. The molecule has 0 unspecified atom stereocenters. The molecule has 0 radical (unpaired) electrons. The predicted molar refractivity (Wildman–Crippen MR) is 86.9 cm³/mol. The van der Waals surface area contributed by atoms with Gasteiger partial charge in [0.15, 0.2) is 5.82 Å². The van der Waals surface area contributed by atoms with E-state index in [0.29, 0.717) is 11.8 Å². The number of rotatable bonds is 5. The van der Waals surface area contributed by atoms with Gasteiger partial charge in [-0.1, -0.05) is 6.07 Å². The Hall–Kier alpha value is -2.89. The van der Waals surface area contributed by atoms with Crippen molar-refractivity contribution in [2.45, 2.75) is 20.0 Å². The molecule has 0 saturated heterocycles. The lowest BCUT2D eigenvalue weighted by Gasteiger charge is -2.11. The van der Waals surface area contributed by atoms with Crippen molar-refractivity contribution >= 4 is 0 Å². The zero-order chi connectivity index (χ0) is 16.2. The minimum atomic E-state index is 0.0725. The normalized spacial score (nSPS) is 10.8. The Labute approximate surface area is 134 Å². The number of aromatic nitrogens is 4. The van der Waals surface area contributed by atoms with Crippen molar-refractivity contribution in [1.29, 1.82) is 0 Å². The fourth-order valence-electron chi connectivity index (χ4n) is 2.18. The van der Waals surface area contributed by atoms with Crippen molar-refractivity contribution in [3.8, 4) is 29.0 Å². The molecule has 3 rings (SSSR count). The van der Waals surface area contributed by atoms with Crippen LogP contribution in [0.5, 0.6) is 11.8 Å². The number of imidazole rings is 1. The van der Waals surface area contributed by atoms with Crippen LogP contribution in [0.15, 0.2) is 48.9 Å². The molecule has 0 saturated carbocycles. The number of methoxy groups -OCH3 is 1. The largest absolute Gasteiger partial charge is 0.481 e. The first-order valence-electron chi connectivity index (χ1n) is 7.35. The predicted octanol–water partition coefficient (Wildman–Crippen LogP) is 3.13. The summed E-state index contributed by atoms with van der Waals surface area (Å²) in [5.41, 5.74) is 1.62. The van der Waals surface area contributed by atoms with E-state index in [-0.39, 0.29) is 6.10 Å². The standard InChI is InChI=1S/C17H18N4O2/c1-12(2)23-16-6-4-5-14(20-16)17-18-9-10-21(17)13-7-8-15(22-3)19-11-13/h4-12H,1-3H3. The van der Waals surface area contributed by atoms with E-state index < -0.39 is 0 Å². The van der Waals surface area contributed by atoms with Crippen LogP contribution in [0.1, 0.15) is 13.8 Å². The molecule has 23 heavy (non-hydrogen) atoms. The first kappa shape index (κ1) is 15.0. The summed E-state index contributed by atoms with van der Waals surface area (Å²) in [4.78, 5) is 13.2. The Morgan fingerprint density at radius 3 is 2.61 bits per heavy atom. The summed E-state index contributed by atoms with van der Waals surface area (Å²) in [7, 11) is 1.59. The van der Waals surface area contributed by atoms with Crippen molar-refractivity contribution in [2.24, 2.45) is 0 Å². The second kappa shape index (κ2) is 6.48. The first-order valence-corrected chi connectivity index (χ1v) is 7.35. The number of hydrogen-bond acceptors (Lipinski definition) is 5. The quantitative estimate of drug-likeness (QED) is 0.724. The molecular formula is C17H18N4O2. The summed E-state index contributed by atoms with van der Waals surface area (Å²) in [5, 5.41) is 0. The number of hydrogen-bond donors (Lipinski definition) is 0. The third-order valence-corrected chi connectivity index (χ3v) is 3.16. The molecule has 0 aliphatic heterocycles. The van der Waals surface area contributed by atoms with E-state index >= 15 is 0 Å². The molecule has 0 fully saturated rings. The van der Waals surface area contributed by atoms with Gasteiger partial charge >= 0.3 is 0 Å². The van der Waals surface area contributed by atoms with Crippen molar-refractivity contribution in [3.63, 3.8) is 0 Å². The Morgan fingerprint density at radius 2 is 1.91 bits per heavy atom. The van der Waals surface area contributed by atoms with E-state index in [4.69, 9.17) is 9.47 Å². The lowest BCUT2D eigenvalue weighted by molar-refractivity contribution is 0.233. The Morgan fingerprint density at radius 1 is 1.04 bits per heavy atom. The molecule has 3 heterocycles. The molecule has 0 aliphatic rings. The zero-order valence-corrected chi connectivity index (χ0v) is 13.3. The van der Waals surface area contributed by atoms with E-state index in [1.54, 1.807) is 19.5 Å². The molecule has 0 atom stereocenters. The molecule has 3 aromatic rings. The number of nitrogens with zero attached hydrogens (tertiary/aromatic N) is 4. The highest BCUT2D eigenvalue weighted by Gasteiger charge is 2.11. The summed E-state index contributed by atoms with van der Waals surface area (Å²) in [6, 6.07) is 9.39. The van der Waals surface area contributed by atoms with E-state index in [9.17, 15) is 0 Å². The minimum absolute atomic E-state index is 0.0725. The molecule has 0 spiro atoms. The maximum atomic E-state index is 5.65. The van der Waals surface area contributed by atoms with Gasteiger partial charge in [0.05, 0.1) is 25.1 Å². The average molecular weight is 310 g/mol. The summed E-state index contributed by atoms with van der Waals surface area (Å²) in [5.74, 6) is 1.88. The SMILES string of the molecule is COc1ccc(-n2ccnc2-c2cccc(OC(C)C)n2)cn1. The van der Waals surface area contributed by atoms with Crippen LogP contribution in [0.2, 0.25) is 0 Å². The third kappa shape index (κ3) is 3.31. The van der Waals surface area contributed by atoms with E-state index in [1.807, 2.05) is 54.9 Å². The van der Waals surface area contributed by atoms with Gasteiger partial charge in [0.1, 0.15) is 5.69 Å². The van der Waals surface area contributed by atoms with Crippen LogP contribution < -0.4 is 9.47 Å². The highest BCUT2D eigenvalue weighted by molar-refractivity contribution is 5.54. The summed E-state index contributed by atoms with van der Waals surface area (Å²) < 4.78 is 12.7. The lowest BCUT2D eigenvalue weighted by atomic mass is 10.3. The van der Waals surface area contributed by atoms with Crippen LogP contribution in [0.25, 0.3) is 17.2 Å². The second-order valence-corrected chi connectivity index (χ2v) is 5.21. The van der Waals surface area contributed by atoms with Gasteiger partial charge in [-0.15, -0.1) is 0 Å². The lowest BCUT2D eigenvalue weighted by Crippen LogP contribution is -2.07. The molecule has 6 nitrogen and oxygen atoms in total. The number of ether oxygens (including phenoxy) is 2. The van der Waals surface area contributed by atoms with Crippen LogP contribution in [0.4, 0.5) is 0 Å². The van der Waals surface area contributed by atoms with Gasteiger partial charge in [-0.05, 0) is 26.0 Å². The molecule has 0 amide bonds. The zero-order valence-electron chi connectivity index (χ0n) is 13.3. The molecule has 118 valence electrons. The second-order valence-electron chi connectivity index (χ2n) is 5.21. The summed E-state index contributed by atoms with van der Waals surface area (Å²) in [6.45, 7) is 3.94. The van der Waals surface area contributed by atoms with Crippen LogP contribution in [0.3, 0.4) is 0 Å². The van der Waals surface area contributed by atoms with Crippen LogP contribution in [-0.4, -0.2) is 32.7 Å². The minimum Gasteiger partial charge on any atom is -0.481 e. The highest BCUT2D eigenvalue weighted by atomic mass is 16.5. The summed E-state index contributed by atoms with van der Waals surface area (Å²) >= 11 is 0. The van der Waals surface area contributed by atoms with Crippen LogP contribution in [0, 0.1) is 0 Å². The molecular weight excluding hydrogens is 292 g/mol. The average Bonchev–Trinajstić information content (AvgIpc) is 3.04. The van der Waals surface area contributed by atoms with Crippen LogP contribution >= 0.6 is 0 Å². The molecule has 3 aromatic heterocycles. The van der Waals surface area contributed by atoms with Gasteiger partial charge in [0, 0.05) is 24.5 Å². The van der Waals surface area contributed by atoms with Crippen molar-refractivity contribution in [3.05, 3.63) is 48.9 Å². The third-order valence-electron chi connectivity index (χ3n) is 3.16. The Bertz CT molecular complexity index is 781. The topological polar surface area (TPSA) is 62.1 Å². The fraction of sp³-hybridized carbons (Fsp3) is 0.235. The van der Waals surface area contributed by atoms with E-state index in [0.717, 1.165) is 17.2 Å². The molecule has 0 bridgehead atoms. The molecule has 6 heteroatoms. The molecule has 0 N–H and O–H groups in total. The Kier molecular flexibility index (Phi) is 4.23. The molecule has 0 aliphatic carbocycles. The van der Waals surface area contributed by atoms with Gasteiger partial charge in [-0.3, -0.25) is 4.57 Å². The van der Waals surface area contributed by atoms with E-state index in [1.165, 1.54) is 0 Å². The van der Waals surface area contributed by atoms with Gasteiger partial charge < -0.3 is 9.47 Å². The van der Waals surface area contributed by atoms with Gasteiger partial charge in [-0.2, -0.15) is 0 Å². The summed E-state index contributed by atoms with van der Waals surface area (Å²) in [6.07, 6.45) is 5.41. The molecule has 0 aromatic carbocycles. The maximum Gasteiger partial charge on any atom is 0.214 e. The first-order chi connectivity index (χ1) is 11.2. The van der Waals surface area contributed by atoms with Gasteiger partial charge in [0.25, 0.3) is 0 Å². The highest BCUT2D eigenvalue weighted by Crippen LogP contribution is 2.22. The Balaban J connectivity index is 1.97. The number of pyridine rings is 2. The van der Waals surface area contributed by atoms with Crippen LogP contribution in [-0.2, 0) is 0 Å². The van der Waals surface area contributed by atoms with Crippen molar-refractivity contribution in [2.75, 3.05) is 7.11 Å². The van der Waals surface area contributed by atoms with Crippen molar-refractivity contribution < 1.29 is 9.47 Å². The van der Waals surface area contributed by atoms with Gasteiger partial charge in [0.2, 0.25) is 11.8 Å². The smallest absolute Gasteiger partial charge is 0.214 e. The van der Waals surface area contributed by atoms with Crippen molar-refractivity contribution in [1.82, 2.24) is 19.5 Å². The monoisotopic (exact) mass is 310 g/mol. The van der Waals surface area contributed by atoms with Gasteiger partial charge in [-0.25, -0.2) is 15.0 Å². The maximum absolute atomic E-state index is 5.65.